The first kappa shape index (κ1) is 38.8. The van der Waals surface area contributed by atoms with Gasteiger partial charge in [-0.15, -0.1) is 0 Å². The molecule has 0 saturated heterocycles. The van der Waals surface area contributed by atoms with Crippen molar-refractivity contribution in [2.24, 2.45) is 0 Å². The minimum atomic E-state index is -0.685. The number of nitro benzene ring substituents is 2. The molecule has 0 aliphatic heterocycles. The van der Waals surface area contributed by atoms with Crippen LogP contribution in [0.3, 0.4) is 0 Å². The molecule has 2 N–H and O–H groups in total. The Morgan fingerprint density at radius 1 is 0.659 bits per heavy atom. The van der Waals surface area contributed by atoms with Crippen molar-refractivity contribution >= 4 is 23.2 Å². The molecule has 0 radical (unpaired) electrons. The maximum absolute atomic E-state index is 11.5. The van der Waals surface area contributed by atoms with E-state index in [1.54, 1.807) is 20.8 Å². The number of hydrogen-bond acceptors (Lipinski definition) is 14. The molecule has 0 heterocycles. The second kappa shape index (κ2) is 24.2. The van der Waals surface area contributed by atoms with E-state index in [1.165, 1.54) is 12.1 Å². The number of carbonyl (C=O) groups is 1. The molecule has 17 heteroatoms. The number of ether oxygens (including phenoxy) is 8. The summed E-state index contributed by atoms with van der Waals surface area (Å²) in [4.78, 5) is 32.0. The number of rotatable bonds is 27. The van der Waals surface area contributed by atoms with Crippen LogP contribution in [0.4, 0.5) is 21.9 Å². The summed E-state index contributed by atoms with van der Waals surface area (Å²) in [6, 6.07) is 3.42. The zero-order chi connectivity index (χ0) is 32.5. The minimum absolute atomic E-state index is 0.182. The van der Waals surface area contributed by atoms with Crippen molar-refractivity contribution in [1.82, 2.24) is 5.32 Å². The molecule has 252 valence electrons. The van der Waals surface area contributed by atoms with Crippen LogP contribution in [0.15, 0.2) is 18.2 Å². The standard InChI is InChI=1S/C27H46N4O13/c1-27(2,3)44-26(32)29-7-9-38-11-13-40-15-17-42-19-21-43-20-18-41-16-14-39-12-10-37-8-6-28-24-5-4-23(30(33)34)22-25(24)31(35)36/h4-5,22,28H,6-21H2,1-3H3,(H,29,32). The molecule has 1 aromatic rings. The summed E-state index contributed by atoms with van der Waals surface area (Å²) in [5.74, 6) is 0. The van der Waals surface area contributed by atoms with Crippen LogP contribution < -0.4 is 10.6 Å². The second-order valence-electron chi connectivity index (χ2n) is 9.86. The summed E-state index contributed by atoms with van der Waals surface area (Å²) in [6.07, 6.45) is -0.469. The zero-order valence-corrected chi connectivity index (χ0v) is 25.7. The molecule has 1 aromatic carbocycles. The van der Waals surface area contributed by atoms with Gasteiger partial charge in [-0.2, -0.15) is 0 Å². The van der Waals surface area contributed by atoms with Gasteiger partial charge in [-0.1, -0.05) is 0 Å². The molecule has 0 fully saturated rings. The lowest BCUT2D eigenvalue weighted by Crippen LogP contribution is -2.34. The summed E-state index contributed by atoms with van der Waals surface area (Å²) < 4.78 is 43.0. The molecule has 0 bridgehead atoms. The molecule has 44 heavy (non-hydrogen) atoms. The van der Waals surface area contributed by atoms with Gasteiger partial charge >= 0.3 is 6.09 Å². The van der Waals surface area contributed by atoms with E-state index in [0.29, 0.717) is 92.4 Å². The maximum atomic E-state index is 11.5. The van der Waals surface area contributed by atoms with Crippen LogP contribution >= 0.6 is 0 Å². The smallest absolute Gasteiger partial charge is 0.407 e. The molecule has 1 amide bonds. The van der Waals surface area contributed by atoms with Crippen molar-refractivity contribution < 1.29 is 52.5 Å². The Morgan fingerprint density at radius 2 is 1.07 bits per heavy atom. The number of non-ortho nitro benzene ring substituents is 1. The van der Waals surface area contributed by atoms with Crippen LogP contribution in [0.1, 0.15) is 20.8 Å². The van der Waals surface area contributed by atoms with E-state index in [4.69, 9.17) is 37.9 Å². The summed E-state index contributed by atoms with van der Waals surface area (Å²) >= 11 is 0. The van der Waals surface area contributed by atoms with Crippen molar-refractivity contribution in [1.29, 1.82) is 0 Å². The van der Waals surface area contributed by atoms with Gasteiger partial charge in [0.05, 0.1) is 108 Å². The molecule has 0 atom stereocenters. The van der Waals surface area contributed by atoms with Gasteiger partial charge in [0.15, 0.2) is 0 Å². The summed E-state index contributed by atoms with van der Waals surface area (Å²) in [6.45, 7) is 11.7. The Bertz CT molecular complexity index is 947. The molecule has 0 aromatic heterocycles. The highest BCUT2D eigenvalue weighted by molar-refractivity contribution is 5.67. The fourth-order valence-electron chi connectivity index (χ4n) is 3.15. The predicted octanol–water partition coefficient (Wildman–Crippen LogP) is 2.56. The molecule has 0 unspecified atom stereocenters. The third-order valence-electron chi connectivity index (χ3n) is 5.10. The highest BCUT2D eigenvalue weighted by Gasteiger charge is 2.19. The van der Waals surface area contributed by atoms with Crippen LogP contribution in [-0.2, 0) is 37.9 Å². The number of nitro groups is 2. The second-order valence-corrected chi connectivity index (χ2v) is 9.86. The largest absolute Gasteiger partial charge is 0.444 e. The number of alkyl carbamates (subject to hydrolysis) is 1. The third-order valence-corrected chi connectivity index (χ3v) is 5.10. The first-order chi connectivity index (χ1) is 21.1. The number of amides is 1. The Balaban J connectivity index is 1.80. The number of hydrogen-bond donors (Lipinski definition) is 2. The topological polar surface area (TPSA) is 201 Å². The average molecular weight is 635 g/mol. The summed E-state index contributed by atoms with van der Waals surface area (Å²) in [7, 11) is 0. The average Bonchev–Trinajstić information content (AvgIpc) is 2.96. The van der Waals surface area contributed by atoms with E-state index < -0.39 is 21.5 Å². The van der Waals surface area contributed by atoms with Crippen molar-refractivity contribution in [2.45, 2.75) is 26.4 Å². The van der Waals surface area contributed by atoms with Crippen LogP contribution in [0.5, 0.6) is 0 Å². The van der Waals surface area contributed by atoms with Gasteiger partial charge in [-0.05, 0) is 26.8 Å². The third kappa shape index (κ3) is 21.5. The van der Waals surface area contributed by atoms with E-state index in [0.717, 1.165) is 6.07 Å². The first-order valence-electron chi connectivity index (χ1n) is 14.3. The lowest BCUT2D eigenvalue weighted by Gasteiger charge is -2.19. The monoisotopic (exact) mass is 634 g/mol. The Morgan fingerprint density at radius 3 is 1.45 bits per heavy atom. The number of benzene rings is 1. The quantitative estimate of drug-likeness (QED) is 0.0812. The first-order valence-corrected chi connectivity index (χ1v) is 14.3. The van der Waals surface area contributed by atoms with Crippen LogP contribution in [-0.4, -0.2) is 127 Å². The van der Waals surface area contributed by atoms with Gasteiger partial charge in [0.25, 0.3) is 11.4 Å². The molecule has 0 aliphatic carbocycles. The van der Waals surface area contributed by atoms with E-state index >= 15 is 0 Å². The van der Waals surface area contributed by atoms with Crippen LogP contribution in [0.25, 0.3) is 0 Å². The van der Waals surface area contributed by atoms with Crippen molar-refractivity contribution in [3.8, 4) is 0 Å². The zero-order valence-electron chi connectivity index (χ0n) is 25.7. The van der Waals surface area contributed by atoms with Gasteiger partial charge in [-0.3, -0.25) is 20.2 Å². The van der Waals surface area contributed by atoms with E-state index in [1.807, 2.05) is 0 Å². The minimum Gasteiger partial charge on any atom is -0.444 e. The van der Waals surface area contributed by atoms with Gasteiger partial charge in [0.2, 0.25) is 0 Å². The summed E-state index contributed by atoms with van der Waals surface area (Å²) in [5.41, 5.74) is -1.06. The number of nitrogens with one attached hydrogen (secondary N) is 2. The SMILES string of the molecule is CC(C)(C)OC(=O)NCCOCCOCCOCCOCCOCCOCCOCCNc1ccc([N+](=O)[O-])cc1[N+](=O)[O-]. The van der Waals surface area contributed by atoms with Crippen molar-refractivity contribution in [3.63, 3.8) is 0 Å². The lowest BCUT2D eigenvalue weighted by molar-refractivity contribution is -0.393. The number of carbonyl (C=O) groups excluding carboxylic acids is 1. The Hall–Kier alpha value is -3.19. The Labute approximate surface area is 257 Å². The van der Waals surface area contributed by atoms with Crippen molar-refractivity contribution in [2.75, 3.05) is 111 Å². The lowest BCUT2D eigenvalue weighted by atomic mass is 10.2. The number of anilines is 1. The van der Waals surface area contributed by atoms with Gasteiger partial charge in [-0.25, -0.2) is 4.79 Å². The van der Waals surface area contributed by atoms with Crippen molar-refractivity contribution in [3.05, 3.63) is 38.4 Å². The van der Waals surface area contributed by atoms with E-state index in [2.05, 4.69) is 10.6 Å². The van der Waals surface area contributed by atoms with Gasteiger partial charge < -0.3 is 48.5 Å². The molecule has 17 nitrogen and oxygen atoms in total. The fraction of sp³-hybridized carbons (Fsp3) is 0.741. The van der Waals surface area contributed by atoms with Gasteiger partial charge in [0.1, 0.15) is 11.3 Å². The maximum Gasteiger partial charge on any atom is 0.407 e. The highest BCUT2D eigenvalue weighted by Crippen LogP contribution is 2.28. The molecule has 0 saturated carbocycles. The highest BCUT2D eigenvalue weighted by atomic mass is 16.6. The van der Waals surface area contributed by atoms with E-state index in [9.17, 15) is 25.0 Å². The van der Waals surface area contributed by atoms with Crippen LogP contribution in [0.2, 0.25) is 0 Å². The Kier molecular flexibility index (Phi) is 21.3. The fourth-order valence-corrected chi connectivity index (χ4v) is 3.15. The molecule has 0 aliphatic rings. The van der Waals surface area contributed by atoms with E-state index in [-0.39, 0.29) is 30.2 Å². The molecular weight excluding hydrogens is 588 g/mol. The molecule has 0 spiro atoms. The summed E-state index contributed by atoms with van der Waals surface area (Å²) in [5, 5.41) is 27.4. The molecular formula is C27H46N4O13. The number of nitrogens with zero attached hydrogens (tertiary/aromatic N) is 2. The molecule has 1 rings (SSSR count). The van der Waals surface area contributed by atoms with Gasteiger partial charge in [0, 0.05) is 19.2 Å². The predicted molar refractivity (Wildman–Crippen MR) is 158 cm³/mol. The normalized spacial score (nSPS) is 11.3. The van der Waals surface area contributed by atoms with Crippen LogP contribution in [0, 0.1) is 20.2 Å².